The first-order chi connectivity index (χ1) is 10.2. The van der Waals surface area contributed by atoms with Gasteiger partial charge >= 0.3 is 6.03 Å². The molecule has 6 nitrogen and oxygen atoms in total. The van der Waals surface area contributed by atoms with Gasteiger partial charge in [0.2, 0.25) is 5.91 Å². The minimum atomic E-state index is -0.355. The highest BCUT2D eigenvalue weighted by Gasteiger charge is 2.21. The van der Waals surface area contributed by atoms with Crippen molar-refractivity contribution in [3.63, 3.8) is 0 Å². The standard InChI is InChI=1S/C15H28N4O2/c16-15(21)19-10-6-7-17(11-12-19)13-14(20)18-8-4-2-1-3-5-9-18/h1-13H2,(H2,16,21). The number of rotatable bonds is 2. The maximum atomic E-state index is 12.4. The predicted molar refractivity (Wildman–Crippen MR) is 81.9 cm³/mol. The molecule has 3 amide bonds. The summed E-state index contributed by atoms with van der Waals surface area (Å²) in [6.07, 6.45) is 6.91. The van der Waals surface area contributed by atoms with Gasteiger partial charge in [0.05, 0.1) is 6.54 Å². The molecule has 0 aromatic rings. The maximum Gasteiger partial charge on any atom is 0.314 e. The van der Waals surface area contributed by atoms with Crippen LogP contribution in [0.25, 0.3) is 0 Å². The molecule has 0 aromatic heterocycles. The SMILES string of the molecule is NC(=O)N1CCCN(CC(=O)N2CCCCCCC2)CC1. The van der Waals surface area contributed by atoms with Crippen molar-refractivity contribution >= 4 is 11.9 Å². The Labute approximate surface area is 127 Å². The van der Waals surface area contributed by atoms with Crippen LogP contribution < -0.4 is 5.73 Å². The molecule has 2 heterocycles. The van der Waals surface area contributed by atoms with E-state index >= 15 is 0 Å². The normalized spacial score (nSPS) is 22.3. The molecule has 2 rings (SSSR count). The summed E-state index contributed by atoms with van der Waals surface area (Å²) in [4.78, 5) is 29.5. The zero-order chi connectivity index (χ0) is 15.1. The van der Waals surface area contributed by atoms with Gasteiger partial charge in [0, 0.05) is 39.3 Å². The predicted octanol–water partition coefficient (Wildman–Crippen LogP) is 0.865. The fourth-order valence-electron chi connectivity index (χ4n) is 3.14. The second kappa shape index (κ2) is 8.22. The molecule has 0 aliphatic carbocycles. The molecule has 2 saturated heterocycles. The topological polar surface area (TPSA) is 69.9 Å². The lowest BCUT2D eigenvalue weighted by molar-refractivity contribution is -0.132. The molecule has 0 aromatic carbocycles. The Morgan fingerprint density at radius 2 is 1.33 bits per heavy atom. The Bertz CT molecular complexity index is 354. The molecule has 2 fully saturated rings. The lowest BCUT2D eigenvalue weighted by Crippen LogP contribution is -2.43. The van der Waals surface area contributed by atoms with Crippen molar-refractivity contribution < 1.29 is 9.59 Å². The highest BCUT2D eigenvalue weighted by molar-refractivity contribution is 5.78. The van der Waals surface area contributed by atoms with Crippen molar-refractivity contribution in [1.29, 1.82) is 0 Å². The Hall–Kier alpha value is -1.30. The van der Waals surface area contributed by atoms with Crippen molar-refractivity contribution in [2.24, 2.45) is 5.73 Å². The van der Waals surface area contributed by atoms with E-state index in [9.17, 15) is 9.59 Å². The molecule has 0 atom stereocenters. The van der Waals surface area contributed by atoms with Crippen LogP contribution in [0.1, 0.15) is 38.5 Å². The van der Waals surface area contributed by atoms with Crippen LogP contribution in [0, 0.1) is 0 Å². The second-order valence-corrected chi connectivity index (χ2v) is 6.10. The largest absolute Gasteiger partial charge is 0.351 e. The smallest absolute Gasteiger partial charge is 0.314 e. The van der Waals surface area contributed by atoms with Gasteiger partial charge in [-0.3, -0.25) is 9.69 Å². The van der Waals surface area contributed by atoms with E-state index in [0.717, 1.165) is 45.4 Å². The third-order valence-corrected chi connectivity index (χ3v) is 4.47. The number of amides is 3. The van der Waals surface area contributed by atoms with Crippen LogP contribution in [0.3, 0.4) is 0 Å². The first-order valence-electron chi connectivity index (χ1n) is 8.21. The molecule has 0 saturated carbocycles. The summed E-state index contributed by atoms with van der Waals surface area (Å²) in [5.41, 5.74) is 5.33. The van der Waals surface area contributed by atoms with E-state index in [1.165, 1.54) is 19.3 Å². The number of carbonyl (C=O) groups is 2. The van der Waals surface area contributed by atoms with E-state index in [4.69, 9.17) is 5.73 Å². The summed E-state index contributed by atoms with van der Waals surface area (Å²) >= 11 is 0. The Kier molecular flexibility index (Phi) is 6.29. The Morgan fingerprint density at radius 3 is 2.00 bits per heavy atom. The van der Waals surface area contributed by atoms with E-state index in [-0.39, 0.29) is 11.9 Å². The number of primary amides is 1. The van der Waals surface area contributed by atoms with Crippen LogP contribution in [0.5, 0.6) is 0 Å². The van der Waals surface area contributed by atoms with Gasteiger partial charge in [-0.15, -0.1) is 0 Å². The van der Waals surface area contributed by atoms with Crippen molar-refractivity contribution in [2.45, 2.75) is 38.5 Å². The lowest BCUT2D eigenvalue weighted by Gasteiger charge is -2.28. The summed E-state index contributed by atoms with van der Waals surface area (Å²) < 4.78 is 0. The van der Waals surface area contributed by atoms with E-state index in [1.807, 2.05) is 4.90 Å². The number of hydrogen-bond acceptors (Lipinski definition) is 3. The summed E-state index contributed by atoms with van der Waals surface area (Å²) in [7, 11) is 0. The molecule has 21 heavy (non-hydrogen) atoms. The van der Waals surface area contributed by atoms with Crippen LogP contribution in [0.2, 0.25) is 0 Å². The van der Waals surface area contributed by atoms with Crippen molar-refractivity contribution in [2.75, 3.05) is 45.8 Å². The summed E-state index contributed by atoms with van der Waals surface area (Å²) in [6, 6.07) is -0.355. The van der Waals surface area contributed by atoms with E-state index < -0.39 is 0 Å². The number of urea groups is 1. The number of nitrogens with zero attached hydrogens (tertiary/aromatic N) is 3. The fourth-order valence-corrected chi connectivity index (χ4v) is 3.14. The molecule has 2 aliphatic rings. The average molecular weight is 296 g/mol. The van der Waals surface area contributed by atoms with Crippen LogP contribution in [-0.2, 0) is 4.79 Å². The maximum absolute atomic E-state index is 12.4. The zero-order valence-electron chi connectivity index (χ0n) is 12.9. The van der Waals surface area contributed by atoms with E-state index in [0.29, 0.717) is 19.6 Å². The van der Waals surface area contributed by atoms with Crippen molar-refractivity contribution in [3.8, 4) is 0 Å². The zero-order valence-corrected chi connectivity index (χ0v) is 12.9. The highest BCUT2D eigenvalue weighted by atomic mass is 16.2. The number of nitrogens with two attached hydrogens (primary N) is 1. The number of likely N-dealkylation sites (tertiary alicyclic amines) is 1. The van der Waals surface area contributed by atoms with Gasteiger partial charge in [0.25, 0.3) is 0 Å². The molecular formula is C15H28N4O2. The molecule has 0 radical (unpaired) electrons. The van der Waals surface area contributed by atoms with Crippen LogP contribution in [0.4, 0.5) is 4.79 Å². The third kappa shape index (κ3) is 5.19. The average Bonchev–Trinajstić information content (AvgIpc) is 2.63. The molecular weight excluding hydrogens is 268 g/mol. The van der Waals surface area contributed by atoms with Gasteiger partial charge in [-0.05, 0) is 19.3 Å². The van der Waals surface area contributed by atoms with Crippen LogP contribution in [0.15, 0.2) is 0 Å². The monoisotopic (exact) mass is 296 g/mol. The first-order valence-corrected chi connectivity index (χ1v) is 8.21. The van der Waals surface area contributed by atoms with Crippen molar-refractivity contribution in [3.05, 3.63) is 0 Å². The molecule has 120 valence electrons. The molecule has 6 heteroatoms. The fraction of sp³-hybridized carbons (Fsp3) is 0.867. The summed E-state index contributed by atoms with van der Waals surface area (Å²) in [5.74, 6) is 0.240. The first kappa shape index (κ1) is 16.1. The van der Waals surface area contributed by atoms with Gasteiger partial charge in [0.1, 0.15) is 0 Å². The van der Waals surface area contributed by atoms with Crippen molar-refractivity contribution in [1.82, 2.24) is 14.7 Å². The highest BCUT2D eigenvalue weighted by Crippen LogP contribution is 2.11. The Morgan fingerprint density at radius 1 is 0.714 bits per heavy atom. The second-order valence-electron chi connectivity index (χ2n) is 6.10. The number of carbonyl (C=O) groups excluding carboxylic acids is 2. The van der Waals surface area contributed by atoms with Gasteiger partial charge in [-0.1, -0.05) is 19.3 Å². The summed E-state index contributed by atoms with van der Waals surface area (Å²) in [6.45, 7) is 5.21. The van der Waals surface area contributed by atoms with Crippen LogP contribution in [-0.4, -0.2) is 72.5 Å². The minimum Gasteiger partial charge on any atom is -0.351 e. The molecule has 2 aliphatic heterocycles. The molecule has 2 N–H and O–H groups in total. The van der Waals surface area contributed by atoms with Gasteiger partial charge in [0.15, 0.2) is 0 Å². The van der Waals surface area contributed by atoms with Gasteiger partial charge in [-0.2, -0.15) is 0 Å². The molecule has 0 bridgehead atoms. The molecule has 0 spiro atoms. The Balaban J connectivity index is 1.79. The quantitative estimate of drug-likeness (QED) is 0.822. The number of hydrogen-bond donors (Lipinski definition) is 1. The summed E-state index contributed by atoms with van der Waals surface area (Å²) in [5, 5.41) is 0. The van der Waals surface area contributed by atoms with E-state index in [1.54, 1.807) is 4.90 Å². The van der Waals surface area contributed by atoms with Gasteiger partial charge < -0.3 is 15.5 Å². The third-order valence-electron chi connectivity index (χ3n) is 4.47. The molecule has 0 unspecified atom stereocenters. The van der Waals surface area contributed by atoms with E-state index in [2.05, 4.69) is 4.90 Å². The lowest BCUT2D eigenvalue weighted by atomic mass is 10.1. The van der Waals surface area contributed by atoms with Gasteiger partial charge in [-0.25, -0.2) is 4.79 Å². The minimum absolute atomic E-state index is 0.240. The van der Waals surface area contributed by atoms with Crippen LogP contribution >= 0.6 is 0 Å².